The molecule has 3 aromatic carbocycles. The number of hydrogen-bond donors (Lipinski definition) is 2. The molecular formula is C20H11Cl2F2N3O. The predicted octanol–water partition coefficient (Wildman–Crippen LogP) is 6.07. The van der Waals surface area contributed by atoms with Crippen LogP contribution in [-0.2, 0) is 0 Å². The summed E-state index contributed by atoms with van der Waals surface area (Å²) in [6.45, 7) is 0. The van der Waals surface area contributed by atoms with Crippen LogP contribution >= 0.6 is 23.2 Å². The fourth-order valence-electron chi connectivity index (χ4n) is 2.82. The fraction of sp³-hybridized carbons (Fsp3) is 0. The maximum Gasteiger partial charge on any atom is 0.255 e. The summed E-state index contributed by atoms with van der Waals surface area (Å²) in [4.78, 5) is 20.0. The van der Waals surface area contributed by atoms with Crippen LogP contribution < -0.4 is 5.32 Å². The van der Waals surface area contributed by atoms with Crippen LogP contribution in [0.3, 0.4) is 0 Å². The number of nitrogens with zero attached hydrogens (tertiary/aromatic N) is 1. The molecule has 1 aromatic heterocycles. The molecule has 0 fully saturated rings. The fourth-order valence-corrected chi connectivity index (χ4v) is 3.40. The van der Waals surface area contributed by atoms with Crippen LogP contribution in [0.4, 0.5) is 14.5 Å². The Balaban J connectivity index is 1.67. The molecule has 4 rings (SSSR count). The third kappa shape index (κ3) is 3.56. The van der Waals surface area contributed by atoms with E-state index in [9.17, 15) is 13.6 Å². The van der Waals surface area contributed by atoms with Gasteiger partial charge in [0.15, 0.2) is 0 Å². The highest BCUT2D eigenvalue weighted by Crippen LogP contribution is 2.34. The van der Waals surface area contributed by atoms with Gasteiger partial charge in [0.05, 0.1) is 26.6 Å². The second kappa shape index (κ2) is 7.22. The van der Waals surface area contributed by atoms with Crippen molar-refractivity contribution in [1.82, 2.24) is 9.97 Å². The largest absolute Gasteiger partial charge is 0.338 e. The second-order valence-electron chi connectivity index (χ2n) is 6.03. The molecule has 0 radical (unpaired) electrons. The van der Waals surface area contributed by atoms with Crippen LogP contribution in [0.25, 0.3) is 22.4 Å². The van der Waals surface area contributed by atoms with Gasteiger partial charge in [0.25, 0.3) is 5.91 Å². The molecule has 0 bridgehead atoms. The van der Waals surface area contributed by atoms with Gasteiger partial charge in [-0.25, -0.2) is 13.8 Å². The van der Waals surface area contributed by atoms with Crippen molar-refractivity contribution in [3.63, 3.8) is 0 Å². The minimum absolute atomic E-state index is 0.0238. The number of rotatable bonds is 3. The highest BCUT2D eigenvalue weighted by Gasteiger charge is 2.15. The van der Waals surface area contributed by atoms with Crippen molar-refractivity contribution in [2.75, 3.05) is 5.32 Å². The Morgan fingerprint density at radius 3 is 2.32 bits per heavy atom. The lowest BCUT2D eigenvalue weighted by atomic mass is 10.2. The monoisotopic (exact) mass is 417 g/mol. The maximum atomic E-state index is 13.3. The molecule has 4 aromatic rings. The minimum atomic E-state index is -0.777. The number of anilines is 1. The number of imidazole rings is 1. The maximum absolute atomic E-state index is 13.3. The van der Waals surface area contributed by atoms with Crippen molar-refractivity contribution < 1.29 is 13.6 Å². The van der Waals surface area contributed by atoms with E-state index < -0.39 is 17.5 Å². The minimum Gasteiger partial charge on any atom is -0.338 e. The zero-order valence-corrected chi connectivity index (χ0v) is 15.6. The van der Waals surface area contributed by atoms with Gasteiger partial charge in [-0.15, -0.1) is 0 Å². The normalized spacial score (nSPS) is 11.0. The molecule has 0 saturated heterocycles. The Bertz CT molecular complexity index is 1180. The molecule has 0 spiro atoms. The Kier molecular flexibility index (Phi) is 4.75. The van der Waals surface area contributed by atoms with Crippen LogP contribution in [0.2, 0.25) is 10.0 Å². The highest BCUT2D eigenvalue weighted by molar-refractivity contribution is 6.39. The lowest BCUT2D eigenvalue weighted by molar-refractivity contribution is 0.102. The van der Waals surface area contributed by atoms with Crippen molar-refractivity contribution in [2.24, 2.45) is 0 Å². The van der Waals surface area contributed by atoms with E-state index in [2.05, 4.69) is 15.3 Å². The van der Waals surface area contributed by atoms with Crippen molar-refractivity contribution >= 4 is 45.8 Å². The number of aromatic amines is 1. The van der Waals surface area contributed by atoms with E-state index in [0.29, 0.717) is 32.5 Å². The van der Waals surface area contributed by atoms with Gasteiger partial charge in [-0.05, 0) is 42.5 Å². The van der Waals surface area contributed by atoms with E-state index in [1.165, 1.54) is 0 Å². The third-order valence-corrected chi connectivity index (χ3v) is 4.69. The molecule has 140 valence electrons. The third-order valence-electron chi connectivity index (χ3n) is 4.06. The van der Waals surface area contributed by atoms with Crippen LogP contribution in [0, 0.1) is 11.6 Å². The number of halogens is 4. The quantitative estimate of drug-likeness (QED) is 0.425. The molecule has 8 heteroatoms. The van der Waals surface area contributed by atoms with Gasteiger partial charge >= 0.3 is 0 Å². The number of nitrogens with one attached hydrogen (secondary N) is 2. The lowest BCUT2D eigenvalue weighted by Crippen LogP contribution is -2.12. The van der Waals surface area contributed by atoms with Crippen molar-refractivity contribution in [3.05, 3.63) is 81.8 Å². The SMILES string of the molecule is O=C(Nc1cc(F)cc(F)c1)c1ccc2nc(-c3c(Cl)cccc3Cl)[nH]c2c1. The van der Waals surface area contributed by atoms with Crippen molar-refractivity contribution in [1.29, 1.82) is 0 Å². The molecule has 0 aliphatic carbocycles. The molecule has 0 aliphatic heterocycles. The van der Waals surface area contributed by atoms with Gasteiger partial charge in [0.2, 0.25) is 0 Å². The second-order valence-corrected chi connectivity index (χ2v) is 6.84. The first-order valence-corrected chi connectivity index (χ1v) is 8.88. The first-order valence-electron chi connectivity index (χ1n) is 8.12. The smallest absolute Gasteiger partial charge is 0.255 e. The van der Waals surface area contributed by atoms with Crippen LogP contribution in [-0.4, -0.2) is 15.9 Å². The number of carbonyl (C=O) groups is 1. The zero-order valence-electron chi connectivity index (χ0n) is 14.1. The number of hydrogen-bond acceptors (Lipinski definition) is 2. The average molecular weight is 418 g/mol. The van der Waals surface area contributed by atoms with Gasteiger partial charge < -0.3 is 10.3 Å². The van der Waals surface area contributed by atoms with Gasteiger partial charge in [0.1, 0.15) is 17.5 Å². The molecular weight excluding hydrogens is 407 g/mol. The van der Waals surface area contributed by atoms with Crippen LogP contribution in [0.15, 0.2) is 54.6 Å². The summed E-state index contributed by atoms with van der Waals surface area (Å²) >= 11 is 12.4. The number of H-pyrrole nitrogens is 1. The summed E-state index contributed by atoms with van der Waals surface area (Å²) in [5.41, 5.74) is 2.07. The van der Waals surface area contributed by atoms with Crippen LogP contribution in [0.5, 0.6) is 0 Å². The summed E-state index contributed by atoms with van der Waals surface area (Å²) in [6, 6.07) is 12.7. The Morgan fingerprint density at radius 1 is 0.964 bits per heavy atom. The summed E-state index contributed by atoms with van der Waals surface area (Å²) < 4.78 is 26.6. The summed E-state index contributed by atoms with van der Waals surface area (Å²) in [5.74, 6) is -1.60. The van der Waals surface area contributed by atoms with Gasteiger partial charge in [-0.1, -0.05) is 29.3 Å². The van der Waals surface area contributed by atoms with E-state index in [1.54, 1.807) is 36.4 Å². The molecule has 1 heterocycles. The van der Waals surface area contributed by atoms with E-state index >= 15 is 0 Å². The first-order chi connectivity index (χ1) is 13.4. The molecule has 0 saturated carbocycles. The van der Waals surface area contributed by atoms with E-state index in [-0.39, 0.29) is 11.3 Å². The summed E-state index contributed by atoms with van der Waals surface area (Å²) in [6.07, 6.45) is 0. The van der Waals surface area contributed by atoms with Crippen molar-refractivity contribution in [2.45, 2.75) is 0 Å². The number of amides is 1. The number of benzene rings is 3. The van der Waals surface area contributed by atoms with Gasteiger partial charge in [0, 0.05) is 17.3 Å². The molecule has 1 amide bonds. The molecule has 28 heavy (non-hydrogen) atoms. The molecule has 0 aliphatic rings. The topological polar surface area (TPSA) is 57.8 Å². The summed E-state index contributed by atoms with van der Waals surface area (Å²) in [7, 11) is 0. The molecule has 4 nitrogen and oxygen atoms in total. The number of carbonyl (C=O) groups excluding carboxylic acids is 1. The van der Waals surface area contributed by atoms with E-state index in [4.69, 9.17) is 23.2 Å². The van der Waals surface area contributed by atoms with Gasteiger partial charge in [-0.3, -0.25) is 4.79 Å². The molecule has 0 unspecified atom stereocenters. The average Bonchev–Trinajstić information content (AvgIpc) is 3.03. The molecule has 2 N–H and O–H groups in total. The number of aromatic nitrogens is 2. The van der Waals surface area contributed by atoms with E-state index in [1.807, 2.05) is 0 Å². The summed E-state index contributed by atoms with van der Waals surface area (Å²) in [5, 5.41) is 3.35. The molecule has 0 atom stereocenters. The number of fused-ring (bicyclic) bond motifs is 1. The highest BCUT2D eigenvalue weighted by atomic mass is 35.5. The van der Waals surface area contributed by atoms with Crippen molar-refractivity contribution in [3.8, 4) is 11.4 Å². The van der Waals surface area contributed by atoms with Gasteiger partial charge in [-0.2, -0.15) is 0 Å². The standard InChI is InChI=1S/C20H11Cl2F2N3O/c21-14-2-1-3-15(22)18(14)19-26-16-5-4-10(6-17(16)27-19)20(28)25-13-8-11(23)7-12(24)9-13/h1-9H,(H,25,28)(H,26,27). The Labute approximate surface area is 168 Å². The Morgan fingerprint density at radius 2 is 1.64 bits per heavy atom. The van der Waals surface area contributed by atoms with E-state index in [0.717, 1.165) is 18.2 Å². The Hall–Kier alpha value is -2.96. The lowest BCUT2D eigenvalue weighted by Gasteiger charge is -2.05. The zero-order chi connectivity index (χ0) is 19.8. The van der Waals surface area contributed by atoms with Crippen LogP contribution in [0.1, 0.15) is 10.4 Å². The first kappa shape index (κ1) is 18.4. The predicted molar refractivity (Wildman–Crippen MR) is 106 cm³/mol.